The van der Waals surface area contributed by atoms with Gasteiger partial charge in [0.2, 0.25) is 0 Å². The molecule has 1 aromatic rings. The molecule has 1 atom stereocenters. The van der Waals surface area contributed by atoms with Crippen LogP contribution in [0, 0.1) is 0 Å². The van der Waals surface area contributed by atoms with Gasteiger partial charge in [0.15, 0.2) is 0 Å². The molecular weight excluding hydrogens is 202 g/mol. The largest absolute Gasteiger partial charge is 0.467 e. The van der Waals surface area contributed by atoms with Crippen molar-refractivity contribution in [3.05, 3.63) is 24.2 Å². The van der Waals surface area contributed by atoms with Gasteiger partial charge in [-0.1, -0.05) is 0 Å². The summed E-state index contributed by atoms with van der Waals surface area (Å²) in [7, 11) is 0. The average Bonchev–Trinajstić information content (AvgIpc) is 2.72. The molecule has 0 saturated carbocycles. The highest BCUT2D eigenvalue weighted by Crippen LogP contribution is 2.27. The lowest BCUT2D eigenvalue weighted by Gasteiger charge is -2.33. The van der Waals surface area contributed by atoms with Gasteiger partial charge in [0, 0.05) is 26.2 Å². The van der Waals surface area contributed by atoms with Crippen molar-refractivity contribution in [2.75, 3.05) is 26.2 Å². The van der Waals surface area contributed by atoms with Crippen molar-refractivity contribution in [2.45, 2.75) is 12.5 Å². The third-order valence-electron chi connectivity index (χ3n) is 2.62. The van der Waals surface area contributed by atoms with E-state index in [1.165, 1.54) is 6.26 Å². The quantitative estimate of drug-likeness (QED) is 0.829. The lowest BCUT2D eigenvalue weighted by molar-refractivity contribution is 0.00750. The summed E-state index contributed by atoms with van der Waals surface area (Å²) in [4.78, 5) is 1.76. The first-order valence-corrected chi connectivity index (χ1v) is 5.05. The third-order valence-corrected chi connectivity index (χ3v) is 2.62. The second-order valence-corrected chi connectivity index (χ2v) is 3.58. The molecule has 5 heteroatoms. The van der Waals surface area contributed by atoms with Crippen LogP contribution in [0.5, 0.6) is 0 Å². The maximum atomic E-state index is 12.9. The van der Waals surface area contributed by atoms with Crippen LogP contribution in [0.4, 0.5) is 8.78 Å². The molecule has 84 valence electrons. The molecule has 15 heavy (non-hydrogen) atoms. The van der Waals surface area contributed by atoms with E-state index in [1.807, 2.05) is 0 Å². The molecule has 0 radical (unpaired) electrons. The molecule has 2 rings (SSSR count). The maximum Gasteiger partial charge on any atom is 0.261 e. The molecule has 0 aliphatic carbocycles. The van der Waals surface area contributed by atoms with Gasteiger partial charge in [-0.15, -0.1) is 0 Å². The zero-order valence-corrected chi connectivity index (χ0v) is 8.33. The Balaban J connectivity index is 2.12. The molecule has 0 unspecified atom stereocenters. The molecule has 1 aromatic heterocycles. The van der Waals surface area contributed by atoms with Crippen molar-refractivity contribution in [3.63, 3.8) is 0 Å². The van der Waals surface area contributed by atoms with Gasteiger partial charge in [0.25, 0.3) is 6.43 Å². The predicted octanol–water partition coefficient (Wildman–Crippen LogP) is 1.49. The minimum atomic E-state index is -2.41. The molecule has 1 aliphatic heterocycles. The molecule has 1 saturated heterocycles. The van der Waals surface area contributed by atoms with Gasteiger partial charge in [-0.2, -0.15) is 0 Å². The van der Waals surface area contributed by atoms with Crippen LogP contribution in [0.2, 0.25) is 0 Å². The summed E-state index contributed by atoms with van der Waals surface area (Å²) in [6.45, 7) is 2.78. The van der Waals surface area contributed by atoms with E-state index in [1.54, 1.807) is 17.0 Å². The molecule has 0 spiro atoms. The summed E-state index contributed by atoms with van der Waals surface area (Å²) < 4.78 is 30.9. The molecular formula is C10H14F2N2O. The Morgan fingerprint density at radius 1 is 1.33 bits per heavy atom. The van der Waals surface area contributed by atoms with Crippen LogP contribution < -0.4 is 5.32 Å². The van der Waals surface area contributed by atoms with Crippen LogP contribution >= 0.6 is 0 Å². The molecule has 0 bridgehead atoms. The standard InChI is InChI=1S/C10H14F2N2O/c11-10(12)9(8-2-1-7-15-8)14-5-3-13-4-6-14/h1-2,7,9-10,13H,3-6H2/t9-/m0/s1. The fraction of sp³-hybridized carbons (Fsp3) is 0.600. The second-order valence-electron chi connectivity index (χ2n) is 3.58. The Labute approximate surface area is 87.1 Å². The van der Waals surface area contributed by atoms with Gasteiger partial charge in [-0.25, -0.2) is 8.78 Å². The van der Waals surface area contributed by atoms with Gasteiger partial charge in [0.05, 0.1) is 6.26 Å². The Hall–Kier alpha value is -0.940. The fourth-order valence-corrected chi connectivity index (χ4v) is 1.88. The van der Waals surface area contributed by atoms with Crippen LogP contribution in [0.15, 0.2) is 22.8 Å². The summed E-state index contributed by atoms with van der Waals surface area (Å²) in [5.41, 5.74) is 0. The van der Waals surface area contributed by atoms with Gasteiger partial charge >= 0.3 is 0 Å². The zero-order valence-electron chi connectivity index (χ0n) is 8.33. The predicted molar refractivity (Wildman–Crippen MR) is 51.9 cm³/mol. The second kappa shape index (κ2) is 4.72. The number of halogens is 2. The normalized spacial score (nSPS) is 20.7. The van der Waals surface area contributed by atoms with E-state index in [2.05, 4.69) is 5.32 Å². The van der Waals surface area contributed by atoms with E-state index in [9.17, 15) is 8.78 Å². The van der Waals surface area contributed by atoms with Crippen molar-refractivity contribution in [1.29, 1.82) is 0 Å². The van der Waals surface area contributed by atoms with Crippen molar-refractivity contribution >= 4 is 0 Å². The summed E-state index contributed by atoms with van der Waals surface area (Å²) in [5.74, 6) is 0.354. The molecule has 0 aromatic carbocycles. The molecule has 1 N–H and O–H groups in total. The van der Waals surface area contributed by atoms with Crippen LogP contribution in [0.1, 0.15) is 11.8 Å². The van der Waals surface area contributed by atoms with E-state index < -0.39 is 12.5 Å². The molecule has 2 heterocycles. The number of piperazine rings is 1. The van der Waals surface area contributed by atoms with Gasteiger partial charge < -0.3 is 9.73 Å². The van der Waals surface area contributed by atoms with E-state index in [4.69, 9.17) is 4.42 Å². The number of hydrogen-bond donors (Lipinski definition) is 1. The minimum Gasteiger partial charge on any atom is -0.467 e. The van der Waals surface area contributed by atoms with E-state index >= 15 is 0 Å². The molecule has 0 amide bonds. The van der Waals surface area contributed by atoms with E-state index in [-0.39, 0.29) is 0 Å². The SMILES string of the molecule is FC(F)[C@H](c1ccco1)N1CCNCC1. The van der Waals surface area contributed by atoms with Crippen LogP contribution in [-0.2, 0) is 0 Å². The van der Waals surface area contributed by atoms with Crippen LogP contribution in [0.3, 0.4) is 0 Å². The van der Waals surface area contributed by atoms with Crippen molar-refractivity contribution in [1.82, 2.24) is 10.2 Å². The Bertz CT molecular complexity index is 284. The first kappa shape index (κ1) is 10.6. The molecule has 1 aliphatic rings. The number of nitrogens with one attached hydrogen (secondary N) is 1. The maximum absolute atomic E-state index is 12.9. The topological polar surface area (TPSA) is 28.4 Å². The lowest BCUT2D eigenvalue weighted by atomic mass is 10.1. The van der Waals surface area contributed by atoms with Crippen molar-refractivity contribution < 1.29 is 13.2 Å². The molecule has 3 nitrogen and oxygen atoms in total. The van der Waals surface area contributed by atoms with Crippen molar-refractivity contribution in [3.8, 4) is 0 Å². The fourth-order valence-electron chi connectivity index (χ4n) is 1.88. The van der Waals surface area contributed by atoms with E-state index in [0.717, 1.165) is 13.1 Å². The highest BCUT2D eigenvalue weighted by Gasteiger charge is 2.31. The summed E-state index contributed by atoms with van der Waals surface area (Å²) >= 11 is 0. The van der Waals surface area contributed by atoms with Gasteiger partial charge in [-0.3, -0.25) is 4.90 Å². The van der Waals surface area contributed by atoms with Crippen LogP contribution in [-0.4, -0.2) is 37.5 Å². The number of alkyl halides is 2. The third kappa shape index (κ3) is 2.35. The Morgan fingerprint density at radius 3 is 2.60 bits per heavy atom. The Kier molecular flexibility index (Phi) is 3.33. The minimum absolute atomic E-state index is 0.354. The van der Waals surface area contributed by atoms with Crippen LogP contribution in [0.25, 0.3) is 0 Å². The highest BCUT2D eigenvalue weighted by atomic mass is 19.3. The van der Waals surface area contributed by atoms with Crippen molar-refractivity contribution in [2.24, 2.45) is 0 Å². The lowest BCUT2D eigenvalue weighted by Crippen LogP contribution is -2.46. The summed E-state index contributed by atoms with van der Waals surface area (Å²) in [6.07, 6.45) is -0.971. The first-order chi connectivity index (χ1) is 7.29. The number of furan rings is 1. The number of nitrogens with zero attached hydrogens (tertiary/aromatic N) is 1. The van der Waals surface area contributed by atoms with E-state index in [0.29, 0.717) is 18.8 Å². The van der Waals surface area contributed by atoms with Gasteiger partial charge in [-0.05, 0) is 12.1 Å². The summed E-state index contributed by atoms with van der Waals surface area (Å²) in [5, 5.41) is 3.14. The average molecular weight is 216 g/mol. The monoisotopic (exact) mass is 216 g/mol. The highest BCUT2D eigenvalue weighted by molar-refractivity contribution is 5.06. The van der Waals surface area contributed by atoms with Gasteiger partial charge in [0.1, 0.15) is 11.8 Å². The first-order valence-electron chi connectivity index (χ1n) is 5.05. The smallest absolute Gasteiger partial charge is 0.261 e. The number of hydrogen-bond acceptors (Lipinski definition) is 3. The zero-order chi connectivity index (χ0) is 10.7. The Morgan fingerprint density at radius 2 is 2.07 bits per heavy atom. The number of rotatable bonds is 3. The summed E-state index contributed by atoms with van der Waals surface area (Å²) in [6, 6.07) is 2.35. The molecule has 1 fully saturated rings.